The standard InChI is InChI=1S/C12H16ClN3O4/c1-8(2)20-5-3-4-14-12(17)10-6-9(16(18)19)7-15-11(10)13/h6-8H,3-5H2,1-2H3,(H,14,17). The van der Waals surface area contributed by atoms with Gasteiger partial charge in [-0.3, -0.25) is 14.9 Å². The number of aromatic nitrogens is 1. The first-order valence-corrected chi connectivity index (χ1v) is 6.49. The summed E-state index contributed by atoms with van der Waals surface area (Å²) < 4.78 is 5.32. The van der Waals surface area contributed by atoms with Gasteiger partial charge in [-0.15, -0.1) is 0 Å². The van der Waals surface area contributed by atoms with Crippen molar-refractivity contribution in [3.63, 3.8) is 0 Å². The van der Waals surface area contributed by atoms with Crippen LogP contribution in [0.2, 0.25) is 5.15 Å². The number of hydrogen-bond acceptors (Lipinski definition) is 5. The van der Waals surface area contributed by atoms with Gasteiger partial charge in [0.1, 0.15) is 11.3 Å². The SMILES string of the molecule is CC(C)OCCCNC(=O)c1cc([N+](=O)[O-])cnc1Cl. The molecule has 0 atom stereocenters. The average molecular weight is 302 g/mol. The minimum Gasteiger partial charge on any atom is -0.379 e. The number of ether oxygens (including phenoxy) is 1. The number of nitrogens with one attached hydrogen (secondary N) is 1. The molecule has 0 aliphatic heterocycles. The van der Waals surface area contributed by atoms with E-state index in [0.29, 0.717) is 19.6 Å². The Labute approximate surface area is 121 Å². The average Bonchev–Trinajstić information content (AvgIpc) is 2.37. The number of pyridine rings is 1. The zero-order chi connectivity index (χ0) is 15.1. The van der Waals surface area contributed by atoms with E-state index in [0.717, 1.165) is 12.3 Å². The Morgan fingerprint density at radius 2 is 2.30 bits per heavy atom. The van der Waals surface area contributed by atoms with Crippen LogP contribution in [0.4, 0.5) is 5.69 Å². The fraction of sp³-hybridized carbons (Fsp3) is 0.500. The summed E-state index contributed by atoms with van der Waals surface area (Å²) in [7, 11) is 0. The molecule has 1 aromatic heterocycles. The summed E-state index contributed by atoms with van der Waals surface area (Å²) in [5.74, 6) is -0.490. The molecule has 0 aromatic carbocycles. The lowest BCUT2D eigenvalue weighted by Gasteiger charge is -2.08. The monoisotopic (exact) mass is 301 g/mol. The van der Waals surface area contributed by atoms with E-state index in [1.165, 1.54) is 0 Å². The largest absolute Gasteiger partial charge is 0.379 e. The maximum absolute atomic E-state index is 11.8. The van der Waals surface area contributed by atoms with Gasteiger partial charge >= 0.3 is 0 Å². The predicted molar refractivity (Wildman–Crippen MR) is 73.9 cm³/mol. The predicted octanol–water partition coefficient (Wildman–Crippen LogP) is 2.19. The number of rotatable bonds is 7. The molecule has 7 nitrogen and oxygen atoms in total. The smallest absolute Gasteiger partial charge is 0.288 e. The van der Waals surface area contributed by atoms with Crippen molar-refractivity contribution in [1.82, 2.24) is 10.3 Å². The Bertz CT molecular complexity index is 494. The van der Waals surface area contributed by atoms with Crippen molar-refractivity contribution in [1.29, 1.82) is 0 Å². The zero-order valence-electron chi connectivity index (χ0n) is 11.3. The van der Waals surface area contributed by atoms with Gasteiger partial charge in [0.2, 0.25) is 0 Å². The van der Waals surface area contributed by atoms with Crippen LogP contribution in [-0.4, -0.2) is 35.1 Å². The van der Waals surface area contributed by atoms with Crippen molar-refractivity contribution in [2.24, 2.45) is 0 Å². The Hall–Kier alpha value is -1.73. The van der Waals surface area contributed by atoms with Crippen LogP contribution in [0.15, 0.2) is 12.3 Å². The molecule has 8 heteroatoms. The molecular weight excluding hydrogens is 286 g/mol. The lowest BCUT2D eigenvalue weighted by molar-refractivity contribution is -0.385. The van der Waals surface area contributed by atoms with Crippen LogP contribution < -0.4 is 5.32 Å². The molecule has 0 radical (unpaired) electrons. The Balaban J connectivity index is 2.55. The summed E-state index contributed by atoms with van der Waals surface area (Å²) in [6.45, 7) is 4.77. The van der Waals surface area contributed by atoms with Crippen molar-refractivity contribution in [2.75, 3.05) is 13.2 Å². The molecule has 0 aliphatic rings. The third-order valence-corrected chi connectivity index (χ3v) is 2.64. The number of nitro groups is 1. The van der Waals surface area contributed by atoms with Crippen LogP contribution in [0.3, 0.4) is 0 Å². The van der Waals surface area contributed by atoms with E-state index < -0.39 is 10.8 Å². The molecule has 1 aromatic rings. The number of carbonyl (C=O) groups excluding carboxylic acids is 1. The van der Waals surface area contributed by atoms with Crippen LogP contribution in [0.25, 0.3) is 0 Å². The highest BCUT2D eigenvalue weighted by molar-refractivity contribution is 6.32. The molecule has 1 heterocycles. The van der Waals surface area contributed by atoms with Crippen molar-refractivity contribution in [3.05, 3.63) is 33.1 Å². The minimum atomic E-state index is -0.628. The van der Waals surface area contributed by atoms with Crippen LogP contribution in [0.5, 0.6) is 0 Å². The molecule has 0 bridgehead atoms. The third kappa shape index (κ3) is 5.10. The second kappa shape index (κ2) is 7.76. The van der Waals surface area contributed by atoms with E-state index in [9.17, 15) is 14.9 Å². The Kier molecular flexibility index (Phi) is 6.33. The van der Waals surface area contributed by atoms with E-state index in [4.69, 9.17) is 16.3 Å². The molecular formula is C12H16ClN3O4. The molecule has 0 spiro atoms. The molecule has 0 unspecified atom stereocenters. The maximum atomic E-state index is 11.8. The number of nitrogens with zero attached hydrogens (tertiary/aromatic N) is 2. The molecule has 0 saturated carbocycles. The third-order valence-electron chi connectivity index (χ3n) is 2.34. The van der Waals surface area contributed by atoms with E-state index in [2.05, 4.69) is 10.3 Å². The first kappa shape index (κ1) is 16.3. The van der Waals surface area contributed by atoms with Gasteiger partial charge in [-0.25, -0.2) is 4.98 Å². The number of halogens is 1. The van der Waals surface area contributed by atoms with E-state index >= 15 is 0 Å². The second-order valence-electron chi connectivity index (χ2n) is 4.32. The Morgan fingerprint density at radius 3 is 2.90 bits per heavy atom. The lowest BCUT2D eigenvalue weighted by atomic mass is 10.2. The minimum absolute atomic E-state index is 0.00866. The first-order valence-electron chi connectivity index (χ1n) is 6.11. The molecule has 110 valence electrons. The highest BCUT2D eigenvalue weighted by Crippen LogP contribution is 2.18. The van der Waals surface area contributed by atoms with E-state index in [1.54, 1.807) is 0 Å². The maximum Gasteiger partial charge on any atom is 0.288 e. The number of carbonyl (C=O) groups is 1. The van der Waals surface area contributed by atoms with Crippen LogP contribution in [-0.2, 0) is 4.74 Å². The fourth-order valence-electron chi connectivity index (χ4n) is 1.38. The van der Waals surface area contributed by atoms with Crippen LogP contribution in [0.1, 0.15) is 30.6 Å². The second-order valence-corrected chi connectivity index (χ2v) is 4.68. The summed E-state index contributed by atoms with van der Waals surface area (Å²) in [5.41, 5.74) is -0.284. The van der Waals surface area contributed by atoms with Crippen molar-refractivity contribution < 1.29 is 14.5 Å². The summed E-state index contributed by atoms with van der Waals surface area (Å²) in [6, 6.07) is 1.11. The van der Waals surface area contributed by atoms with E-state index in [-0.39, 0.29) is 22.5 Å². The van der Waals surface area contributed by atoms with Gasteiger partial charge in [-0.05, 0) is 20.3 Å². The molecule has 0 saturated heterocycles. The summed E-state index contributed by atoms with van der Waals surface area (Å²) in [4.78, 5) is 25.5. The van der Waals surface area contributed by atoms with Crippen LogP contribution in [0, 0.1) is 10.1 Å². The van der Waals surface area contributed by atoms with Gasteiger partial charge in [0.15, 0.2) is 0 Å². The van der Waals surface area contributed by atoms with Gasteiger partial charge < -0.3 is 10.1 Å². The summed E-state index contributed by atoms with van der Waals surface area (Å²) in [6.07, 6.45) is 1.79. The molecule has 0 aliphatic carbocycles. The highest BCUT2D eigenvalue weighted by Gasteiger charge is 2.16. The lowest BCUT2D eigenvalue weighted by Crippen LogP contribution is -2.26. The van der Waals surface area contributed by atoms with Gasteiger partial charge in [0.25, 0.3) is 11.6 Å². The van der Waals surface area contributed by atoms with Crippen molar-refractivity contribution in [3.8, 4) is 0 Å². The summed E-state index contributed by atoms with van der Waals surface area (Å²) in [5, 5.41) is 13.2. The fourth-order valence-corrected chi connectivity index (χ4v) is 1.57. The normalized spacial score (nSPS) is 10.6. The van der Waals surface area contributed by atoms with Gasteiger partial charge in [0.05, 0.1) is 16.6 Å². The molecule has 0 fully saturated rings. The molecule has 1 amide bonds. The number of hydrogen-bond donors (Lipinski definition) is 1. The highest BCUT2D eigenvalue weighted by atomic mass is 35.5. The quantitative estimate of drug-likeness (QED) is 0.360. The number of amides is 1. The van der Waals surface area contributed by atoms with Gasteiger partial charge in [-0.1, -0.05) is 11.6 Å². The van der Waals surface area contributed by atoms with Gasteiger partial charge in [-0.2, -0.15) is 0 Å². The van der Waals surface area contributed by atoms with E-state index in [1.807, 2.05) is 13.8 Å². The topological polar surface area (TPSA) is 94.4 Å². The van der Waals surface area contributed by atoms with Crippen molar-refractivity contribution in [2.45, 2.75) is 26.4 Å². The zero-order valence-corrected chi connectivity index (χ0v) is 12.0. The Morgan fingerprint density at radius 1 is 1.60 bits per heavy atom. The summed E-state index contributed by atoms with van der Waals surface area (Å²) >= 11 is 5.76. The molecule has 20 heavy (non-hydrogen) atoms. The van der Waals surface area contributed by atoms with Crippen LogP contribution >= 0.6 is 11.6 Å². The molecule has 1 N–H and O–H groups in total. The van der Waals surface area contributed by atoms with Gasteiger partial charge in [0, 0.05) is 19.2 Å². The first-order chi connectivity index (χ1) is 9.41. The van der Waals surface area contributed by atoms with Crippen molar-refractivity contribution >= 4 is 23.2 Å². The molecule has 1 rings (SSSR count).